The van der Waals surface area contributed by atoms with E-state index in [4.69, 9.17) is 8.83 Å². The first-order valence-corrected chi connectivity index (χ1v) is 8.14. The van der Waals surface area contributed by atoms with Gasteiger partial charge in [0.1, 0.15) is 11.3 Å². The molecule has 2 amide bonds. The van der Waals surface area contributed by atoms with Crippen LogP contribution in [0, 0.1) is 6.92 Å². The summed E-state index contributed by atoms with van der Waals surface area (Å²) in [5, 5.41) is 3.02. The van der Waals surface area contributed by atoms with E-state index in [-0.39, 0.29) is 12.3 Å². The number of benzene rings is 2. The van der Waals surface area contributed by atoms with E-state index in [2.05, 4.69) is 10.9 Å². The molecule has 0 saturated carbocycles. The molecule has 0 aliphatic rings. The minimum atomic E-state index is -0.424. The van der Waals surface area contributed by atoms with Gasteiger partial charge in [0.15, 0.2) is 0 Å². The second-order valence-electron chi connectivity index (χ2n) is 5.99. The molecule has 26 heavy (non-hydrogen) atoms. The van der Waals surface area contributed by atoms with Gasteiger partial charge in [0.25, 0.3) is 5.91 Å². The molecule has 0 atom stereocenters. The maximum atomic E-state index is 12.3. The van der Waals surface area contributed by atoms with Crippen molar-refractivity contribution >= 4 is 33.6 Å². The number of fused-ring (bicyclic) bond motifs is 3. The van der Waals surface area contributed by atoms with Crippen molar-refractivity contribution in [2.75, 3.05) is 0 Å². The lowest BCUT2D eigenvalue weighted by Crippen LogP contribution is -2.42. The van der Waals surface area contributed by atoms with Crippen LogP contribution in [0.2, 0.25) is 0 Å². The first-order valence-electron chi connectivity index (χ1n) is 8.14. The average molecular weight is 348 g/mol. The van der Waals surface area contributed by atoms with Gasteiger partial charge >= 0.3 is 0 Å². The fourth-order valence-electron chi connectivity index (χ4n) is 3.04. The van der Waals surface area contributed by atoms with E-state index in [0.717, 1.165) is 27.3 Å². The number of carbonyl (C=O) groups excluding carboxylic acids is 2. The molecule has 0 aliphatic heterocycles. The fourth-order valence-corrected chi connectivity index (χ4v) is 3.04. The Bertz CT molecular complexity index is 1120. The van der Waals surface area contributed by atoms with Crippen molar-refractivity contribution < 1.29 is 18.4 Å². The molecule has 4 aromatic rings. The minimum absolute atomic E-state index is 0.0889. The molecule has 0 unspecified atom stereocenters. The van der Waals surface area contributed by atoms with Crippen LogP contribution in [-0.2, 0) is 11.2 Å². The van der Waals surface area contributed by atoms with E-state index >= 15 is 0 Å². The van der Waals surface area contributed by atoms with Gasteiger partial charge in [-0.15, -0.1) is 0 Å². The molecule has 0 bridgehead atoms. The van der Waals surface area contributed by atoms with Crippen LogP contribution >= 0.6 is 0 Å². The molecule has 2 heterocycles. The number of aryl methyl sites for hydroxylation is 1. The summed E-state index contributed by atoms with van der Waals surface area (Å²) in [5.41, 5.74) is 6.69. The number of hydrogen-bond acceptors (Lipinski definition) is 4. The molecule has 2 aromatic heterocycles. The van der Waals surface area contributed by atoms with Gasteiger partial charge in [0.05, 0.1) is 24.5 Å². The minimum Gasteiger partial charge on any atom is -0.469 e. The van der Waals surface area contributed by atoms with Crippen LogP contribution in [0.25, 0.3) is 21.7 Å². The quantitative estimate of drug-likeness (QED) is 0.555. The number of hydrogen-bond donors (Lipinski definition) is 2. The lowest BCUT2D eigenvalue weighted by molar-refractivity contribution is -0.121. The normalized spacial score (nSPS) is 11.0. The predicted octanol–water partition coefficient (Wildman–Crippen LogP) is 3.49. The Hall–Kier alpha value is -3.54. The van der Waals surface area contributed by atoms with Gasteiger partial charge in [-0.05, 0) is 29.8 Å². The Labute approximate surface area is 148 Å². The third kappa shape index (κ3) is 2.82. The zero-order valence-corrected chi connectivity index (χ0v) is 14.0. The van der Waals surface area contributed by atoms with Crippen molar-refractivity contribution in [3.05, 3.63) is 71.9 Å². The molecule has 2 N–H and O–H groups in total. The lowest BCUT2D eigenvalue weighted by atomic mass is 10.0. The second-order valence-corrected chi connectivity index (χ2v) is 5.99. The van der Waals surface area contributed by atoms with E-state index < -0.39 is 5.91 Å². The van der Waals surface area contributed by atoms with Crippen LogP contribution in [0.1, 0.15) is 21.7 Å². The molecular weight excluding hydrogens is 332 g/mol. The summed E-state index contributed by atoms with van der Waals surface area (Å²) in [4.78, 5) is 24.3. The Morgan fingerprint density at radius 3 is 2.65 bits per heavy atom. The maximum absolute atomic E-state index is 12.3. The van der Waals surface area contributed by atoms with Gasteiger partial charge in [0.2, 0.25) is 5.91 Å². The van der Waals surface area contributed by atoms with Crippen molar-refractivity contribution in [2.45, 2.75) is 13.3 Å². The second kappa shape index (κ2) is 6.40. The molecular formula is C20H16N2O4. The molecule has 4 rings (SSSR count). The monoisotopic (exact) mass is 348 g/mol. The molecule has 2 aromatic carbocycles. The number of carbonyl (C=O) groups is 2. The third-order valence-electron chi connectivity index (χ3n) is 4.31. The Morgan fingerprint density at radius 2 is 1.85 bits per heavy atom. The number of amides is 2. The topological polar surface area (TPSA) is 84.5 Å². The van der Waals surface area contributed by atoms with Crippen LogP contribution in [0.3, 0.4) is 0 Å². The van der Waals surface area contributed by atoms with Crippen molar-refractivity contribution in [1.29, 1.82) is 0 Å². The zero-order chi connectivity index (χ0) is 18.1. The van der Waals surface area contributed by atoms with Crippen molar-refractivity contribution in [1.82, 2.24) is 10.9 Å². The fraction of sp³-hybridized carbons (Fsp3) is 0.100. The summed E-state index contributed by atoms with van der Waals surface area (Å²) in [5.74, 6) is -0.272. The van der Waals surface area contributed by atoms with Gasteiger partial charge in [-0.2, -0.15) is 0 Å². The van der Waals surface area contributed by atoms with E-state index in [1.165, 1.54) is 6.26 Å². The first-order chi connectivity index (χ1) is 12.6. The van der Waals surface area contributed by atoms with Crippen molar-refractivity contribution in [3.63, 3.8) is 0 Å². The third-order valence-corrected chi connectivity index (χ3v) is 4.31. The highest BCUT2D eigenvalue weighted by atomic mass is 16.3. The summed E-state index contributed by atoms with van der Waals surface area (Å²) < 4.78 is 10.7. The standard InChI is InChI=1S/C20H16N2O4/c1-12-15(8-9-25-12)20(24)22-21-18(23)10-14-11-26-17-7-6-13-4-2-3-5-16(13)19(14)17/h2-9,11H,10H2,1H3,(H,21,23)(H,22,24). The van der Waals surface area contributed by atoms with Crippen LogP contribution in [-0.4, -0.2) is 11.8 Å². The highest BCUT2D eigenvalue weighted by molar-refractivity contribution is 6.08. The van der Waals surface area contributed by atoms with Gasteiger partial charge in [-0.3, -0.25) is 20.4 Å². The molecule has 0 spiro atoms. The zero-order valence-electron chi connectivity index (χ0n) is 14.0. The summed E-state index contributed by atoms with van der Waals surface area (Å²) in [6.07, 6.45) is 3.10. The van der Waals surface area contributed by atoms with Crippen molar-refractivity contribution in [3.8, 4) is 0 Å². The number of hydrazine groups is 1. The van der Waals surface area contributed by atoms with Gasteiger partial charge in [0, 0.05) is 10.9 Å². The van der Waals surface area contributed by atoms with Crippen LogP contribution in [0.5, 0.6) is 0 Å². The highest BCUT2D eigenvalue weighted by Crippen LogP contribution is 2.30. The molecule has 0 radical (unpaired) electrons. The molecule has 0 aliphatic carbocycles. The average Bonchev–Trinajstić information content (AvgIpc) is 3.26. The molecule has 6 heteroatoms. The maximum Gasteiger partial charge on any atom is 0.273 e. The number of rotatable bonds is 3. The molecule has 130 valence electrons. The van der Waals surface area contributed by atoms with E-state index in [0.29, 0.717) is 11.3 Å². The van der Waals surface area contributed by atoms with E-state index in [1.54, 1.807) is 19.3 Å². The van der Waals surface area contributed by atoms with Gasteiger partial charge in [-0.1, -0.05) is 30.3 Å². The molecule has 0 fully saturated rings. The lowest BCUT2D eigenvalue weighted by Gasteiger charge is -2.07. The molecule has 0 saturated heterocycles. The largest absolute Gasteiger partial charge is 0.469 e. The number of nitrogens with one attached hydrogen (secondary N) is 2. The predicted molar refractivity (Wildman–Crippen MR) is 96.5 cm³/mol. The van der Waals surface area contributed by atoms with Crippen molar-refractivity contribution in [2.24, 2.45) is 0 Å². The summed E-state index contributed by atoms with van der Waals surface area (Å²) >= 11 is 0. The summed E-state index contributed by atoms with van der Waals surface area (Å²) in [7, 11) is 0. The SMILES string of the molecule is Cc1occc1C(=O)NNC(=O)Cc1coc2ccc3ccccc3c12. The van der Waals surface area contributed by atoms with Crippen LogP contribution < -0.4 is 10.9 Å². The van der Waals surface area contributed by atoms with Gasteiger partial charge in [-0.25, -0.2) is 0 Å². The van der Waals surface area contributed by atoms with E-state index in [1.807, 2.05) is 36.4 Å². The van der Waals surface area contributed by atoms with Crippen LogP contribution in [0.15, 0.2) is 63.8 Å². The Morgan fingerprint density at radius 1 is 1.00 bits per heavy atom. The summed E-state index contributed by atoms with van der Waals surface area (Å²) in [6.45, 7) is 1.68. The van der Waals surface area contributed by atoms with E-state index in [9.17, 15) is 9.59 Å². The Kier molecular flexibility index (Phi) is 3.93. The van der Waals surface area contributed by atoms with Gasteiger partial charge < -0.3 is 8.83 Å². The Balaban J connectivity index is 1.52. The molecule has 6 nitrogen and oxygen atoms in total. The summed E-state index contributed by atoms with van der Waals surface area (Å²) in [6, 6.07) is 13.4. The number of furan rings is 2. The first kappa shape index (κ1) is 16.0. The van der Waals surface area contributed by atoms with Crippen LogP contribution in [0.4, 0.5) is 0 Å². The smallest absolute Gasteiger partial charge is 0.273 e. The highest BCUT2D eigenvalue weighted by Gasteiger charge is 2.15.